The summed E-state index contributed by atoms with van der Waals surface area (Å²) in [5.41, 5.74) is 0.736. The smallest absolute Gasteiger partial charge is 0.191 e. The molecule has 0 atom stereocenters. The van der Waals surface area contributed by atoms with Crippen molar-refractivity contribution in [1.82, 2.24) is 0 Å². The van der Waals surface area contributed by atoms with Crippen molar-refractivity contribution in [3.05, 3.63) is 0 Å². The standard InChI is InChI=1S/C14H30OSi/c1-3-5-12-16(15,13-6-4-2)14-10-8-7-9-11-14/h14-15H,3-13H2,1-2H3. The molecule has 2 heteroatoms. The highest BCUT2D eigenvalue weighted by molar-refractivity contribution is 6.74. The first kappa shape index (κ1) is 14.2. The minimum absolute atomic E-state index is 0.736. The minimum atomic E-state index is -1.89. The average molecular weight is 242 g/mol. The molecule has 0 bridgehead atoms. The van der Waals surface area contributed by atoms with Crippen molar-refractivity contribution in [3.63, 3.8) is 0 Å². The number of hydrogen-bond acceptors (Lipinski definition) is 1. The zero-order chi connectivity index (χ0) is 11.9. The molecule has 1 rings (SSSR count). The van der Waals surface area contributed by atoms with Crippen molar-refractivity contribution in [2.45, 2.75) is 89.3 Å². The Morgan fingerprint density at radius 1 is 0.938 bits per heavy atom. The van der Waals surface area contributed by atoms with Crippen molar-refractivity contribution < 1.29 is 4.80 Å². The monoisotopic (exact) mass is 242 g/mol. The second-order valence-electron chi connectivity index (χ2n) is 5.65. The molecule has 0 radical (unpaired) electrons. The van der Waals surface area contributed by atoms with Crippen LogP contribution in [0, 0.1) is 0 Å². The second-order valence-corrected chi connectivity index (χ2v) is 9.67. The Balaban J connectivity index is 2.51. The third-order valence-corrected chi connectivity index (χ3v) is 8.83. The van der Waals surface area contributed by atoms with Crippen molar-refractivity contribution in [2.75, 3.05) is 0 Å². The van der Waals surface area contributed by atoms with Crippen LogP contribution in [0.25, 0.3) is 0 Å². The summed E-state index contributed by atoms with van der Waals surface area (Å²) in [5, 5.41) is 0. The van der Waals surface area contributed by atoms with Crippen LogP contribution < -0.4 is 0 Å². The SMILES string of the molecule is CCCC[Si](O)(CCCC)C1CCCCC1. The quantitative estimate of drug-likeness (QED) is 0.632. The molecule has 1 saturated carbocycles. The molecular formula is C14H30OSi. The molecule has 0 aromatic rings. The normalized spacial score (nSPS) is 18.9. The van der Waals surface area contributed by atoms with Crippen LogP contribution in [-0.2, 0) is 0 Å². The van der Waals surface area contributed by atoms with E-state index in [2.05, 4.69) is 13.8 Å². The van der Waals surface area contributed by atoms with Crippen LogP contribution in [-0.4, -0.2) is 13.1 Å². The lowest BCUT2D eigenvalue weighted by Gasteiger charge is -2.36. The average Bonchev–Trinajstić information content (AvgIpc) is 2.35. The molecule has 16 heavy (non-hydrogen) atoms. The van der Waals surface area contributed by atoms with E-state index in [-0.39, 0.29) is 0 Å². The third-order valence-electron chi connectivity index (χ3n) is 4.29. The molecule has 1 aliphatic rings. The fourth-order valence-corrected chi connectivity index (χ4v) is 7.62. The van der Waals surface area contributed by atoms with Gasteiger partial charge in [0.15, 0.2) is 8.32 Å². The first-order chi connectivity index (χ1) is 7.73. The second kappa shape index (κ2) is 7.49. The molecule has 0 heterocycles. The highest BCUT2D eigenvalue weighted by atomic mass is 28.4. The van der Waals surface area contributed by atoms with E-state index < -0.39 is 8.32 Å². The Morgan fingerprint density at radius 2 is 1.44 bits per heavy atom. The highest BCUT2D eigenvalue weighted by Crippen LogP contribution is 2.41. The van der Waals surface area contributed by atoms with Crippen LogP contribution in [0.3, 0.4) is 0 Å². The summed E-state index contributed by atoms with van der Waals surface area (Å²) < 4.78 is 0. The van der Waals surface area contributed by atoms with Crippen LogP contribution >= 0.6 is 0 Å². The molecule has 0 aliphatic heterocycles. The van der Waals surface area contributed by atoms with E-state index in [0.29, 0.717) is 0 Å². The van der Waals surface area contributed by atoms with Crippen LogP contribution in [0.15, 0.2) is 0 Å². The van der Waals surface area contributed by atoms with Crippen molar-refractivity contribution >= 4 is 8.32 Å². The molecule has 1 nitrogen and oxygen atoms in total. The summed E-state index contributed by atoms with van der Waals surface area (Å²) in [6, 6.07) is 2.35. The molecule has 0 aromatic carbocycles. The van der Waals surface area contributed by atoms with E-state index in [0.717, 1.165) is 5.54 Å². The third kappa shape index (κ3) is 4.21. The van der Waals surface area contributed by atoms with Crippen LogP contribution in [0.1, 0.15) is 71.6 Å². The van der Waals surface area contributed by atoms with Crippen LogP contribution in [0.5, 0.6) is 0 Å². The zero-order valence-electron chi connectivity index (χ0n) is 11.3. The Hall–Kier alpha value is 0.177. The van der Waals surface area contributed by atoms with Crippen LogP contribution in [0.4, 0.5) is 0 Å². The van der Waals surface area contributed by atoms with Crippen molar-refractivity contribution in [1.29, 1.82) is 0 Å². The van der Waals surface area contributed by atoms with Crippen LogP contribution in [0.2, 0.25) is 17.6 Å². The highest BCUT2D eigenvalue weighted by Gasteiger charge is 2.38. The Morgan fingerprint density at radius 3 is 1.88 bits per heavy atom. The predicted molar refractivity (Wildman–Crippen MR) is 74.2 cm³/mol. The van der Waals surface area contributed by atoms with E-state index in [9.17, 15) is 4.80 Å². The number of unbranched alkanes of at least 4 members (excludes halogenated alkanes) is 2. The molecule has 0 unspecified atom stereocenters. The lowest BCUT2D eigenvalue weighted by molar-refractivity contribution is 0.417. The maximum absolute atomic E-state index is 11.0. The molecular weight excluding hydrogens is 212 g/mol. The molecule has 96 valence electrons. The Kier molecular flexibility index (Phi) is 6.67. The lowest BCUT2D eigenvalue weighted by Crippen LogP contribution is -2.41. The Labute approximate surface area is 103 Å². The van der Waals surface area contributed by atoms with Gasteiger partial charge in [-0.15, -0.1) is 0 Å². The first-order valence-corrected chi connectivity index (χ1v) is 9.89. The first-order valence-electron chi connectivity index (χ1n) is 7.45. The summed E-state index contributed by atoms with van der Waals surface area (Å²) in [6.45, 7) is 4.49. The molecule has 0 spiro atoms. The van der Waals surface area contributed by atoms with Gasteiger partial charge in [-0.1, -0.05) is 71.6 Å². The summed E-state index contributed by atoms with van der Waals surface area (Å²) in [7, 11) is -1.89. The summed E-state index contributed by atoms with van der Waals surface area (Å²) in [4.78, 5) is 11.0. The van der Waals surface area contributed by atoms with Gasteiger partial charge in [-0.25, -0.2) is 0 Å². The summed E-state index contributed by atoms with van der Waals surface area (Å²) in [5.74, 6) is 0. The van der Waals surface area contributed by atoms with E-state index in [1.807, 2.05) is 0 Å². The van der Waals surface area contributed by atoms with Gasteiger partial charge in [0, 0.05) is 0 Å². The van der Waals surface area contributed by atoms with Gasteiger partial charge in [-0.2, -0.15) is 0 Å². The van der Waals surface area contributed by atoms with Gasteiger partial charge >= 0.3 is 0 Å². The number of hydrogen-bond donors (Lipinski definition) is 1. The molecule has 0 aromatic heterocycles. The maximum Gasteiger partial charge on any atom is 0.191 e. The lowest BCUT2D eigenvalue weighted by atomic mass is 10.0. The van der Waals surface area contributed by atoms with Gasteiger partial charge in [-0.3, -0.25) is 0 Å². The maximum atomic E-state index is 11.0. The topological polar surface area (TPSA) is 20.2 Å². The molecule has 1 aliphatic carbocycles. The van der Waals surface area contributed by atoms with Gasteiger partial charge in [0.25, 0.3) is 0 Å². The van der Waals surface area contributed by atoms with Crippen molar-refractivity contribution in [2.24, 2.45) is 0 Å². The molecule has 1 fully saturated rings. The number of rotatable bonds is 7. The van der Waals surface area contributed by atoms with E-state index in [1.54, 1.807) is 0 Å². The van der Waals surface area contributed by atoms with Gasteiger partial charge in [0.1, 0.15) is 0 Å². The molecule has 0 saturated heterocycles. The van der Waals surface area contributed by atoms with E-state index in [4.69, 9.17) is 0 Å². The minimum Gasteiger partial charge on any atom is -0.431 e. The Bertz CT molecular complexity index is 168. The van der Waals surface area contributed by atoms with Gasteiger partial charge in [0.05, 0.1) is 0 Å². The van der Waals surface area contributed by atoms with E-state index >= 15 is 0 Å². The fourth-order valence-electron chi connectivity index (χ4n) is 3.14. The summed E-state index contributed by atoms with van der Waals surface area (Å²) >= 11 is 0. The van der Waals surface area contributed by atoms with Gasteiger partial charge < -0.3 is 4.80 Å². The predicted octanol–water partition coefficient (Wildman–Crippen LogP) is 4.86. The van der Waals surface area contributed by atoms with E-state index in [1.165, 1.54) is 69.9 Å². The molecule has 1 N–H and O–H groups in total. The van der Waals surface area contributed by atoms with Crippen molar-refractivity contribution in [3.8, 4) is 0 Å². The summed E-state index contributed by atoms with van der Waals surface area (Å²) in [6.07, 6.45) is 11.8. The van der Waals surface area contributed by atoms with Gasteiger partial charge in [-0.05, 0) is 17.6 Å². The molecule has 0 amide bonds. The zero-order valence-corrected chi connectivity index (χ0v) is 12.3. The largest absolute Gasteiger partial charge is 0.431 e. The fraction of sp³-hybridized carbons (Fsp3) is 1.00. The van der Waals surface area contributed by atoms with Gasteiger partial charge in [0.2, 0.25) is 0 Å².